The lowest BCUT2D eigenvalue weighted by molar-refractivity contribution is -0.136. The Morgan fingerprint density at radius 3 is 3.09 bits per heavy atom. The standard InChI is InChI=1S/C16H25N3O3S/c1-16(2)11-19(7-8-22-16)12-5-6-18(10-12)15-17-9-13(23-15)3-4-14(20)21/h9,12H,3-8,10-11H2,1-2H3,(H,20,21). The van der Waals surface area contributed by atoms with E-state index in [9.17, 15) is 4.79 Å². The fraction of sp³-hybridized carbons (Fsp3) is 0.750. The van der Waals surface area contributed by atoms with E-state index in [0.717, 1.165) is 49.2 Å². The number of carbonyl (C=O) groups is 1. The molecule has 3 rings (SSSR count). The predicted molar refractivity (Wildman–Crippen MR) is 90.3 cm³/mol. The Labute approximate surface area is 141 Å². The van der Waals surface area contributed by atoms with Gasteiger partial charge in [0.1, 0.15) is 0 Å². The van der Waals surface area contributed by atoms with Crippen LogP contribution in [0.15, 0.2) is 6.20 Å². The van der Waals surface area contributed by atoms with Crippen LogP contribution in [0.3, 0.4) is 0 Å². The summed E-state index contributed by atoms with van der Waals surface area (Å²) >= 11 is 1.63. The molecule has 2 fully saturated rings. The Hall–Kier alpha value is -1.18. The van der Waals surface area contributed by atoms with Gasteiger partial charge < -0.3 is 14.7 Å². The molecule has 1 aromatic rings. The van der Waals surface area contributed by atoms with Crippen LogP contribution in [0.5, 0.6) is 0 Å². The van der Waals surface area contributed by atoms with Gasteiger partial charge in [0.25, 0.3) is 0 Å². The number of carboxylic acids is 1. The minimum atomic E-state index is -0.754. The van der Waals surface area contributed by atoms with Crippen LogP contribution in [-0.2, 0) is 16.0 Å². The largest absolute Gasteiger partial charge is 0.481 e. The molecule has 1 atom stereocenters. The molecule has 7 heteroatoms. The van der Waals surface area contributed by atoms with Gasteiger partial charge in [-0.1, -0.05) is 0 Å². The summed E-state index contributed by atoms with van der Waals surface area (Å²) < 4.78 is 5.80. The first kappa shape index (κ1) is 16.7. The van der Waals surface area contributed by atoms with Crippen molar-refractivity contribution in [3.05, 3.63) is 11.1 Å². The average molecular weight is 339 g/mol. The highest BCUT2D eigenvalue weighted by Gasteiger charge is 2.35. The van der Waals surface area contributed by atoms with Crippen LogP contribution in [-0.4, -0.2) is 65.4 Å². The monoisotopic (exact) mass is 339 g/mol. The Morgan fingerprint density at radius 1 is 1.52 bits per heavy atom. The lowest BCUT2D eigenvalue weighted by Crippen LogP contribution is -2.52. The van der Waals surface area contributed by atoms with Gasteiger partial charge in [-0.15, -0.1) is 11.3 Å². The molecule has 0 amide bonds. The number of morpholine rings is 1. The van der Waals surface area contributed by atoms with Crippen LogP contribution < -0.4 is 4.90 Å². The Bertz CT molecular complexity index is 561. The molecule has 2 aliphatic heterocycles. The number of carboxylic acid groups (broad SMARTS) is 1. The van der Waals surface area contributed by atoms with Gasteiger partial charge in [-0.25, -0.2) is 4.98 Å². The highest BCUT2D eigenvalue weighted by Crippen LogP contribution is 2.29. The second-order valence-electron chi connectivity index (χ2n) is 6.97. The minimum absolute atomic E-state index is 0.0587. The molecule has 1 unspecified atom stereocenters. The van der Waals surface area contributed by atoms with Crippen LogP contribution in [0.4, 0.5) is 5.13 Å². The summed E-state index contributed by atoms with van der Waals surface area (Å²) in [5.41, 5.74) is -0.0587. The zero-order chi connectivity index (χ0) is 16.4. The van der Waals surface area contributed by atoms with Crippen molar-refractivity contribution < 1.29 is 14.6 Å². The van der Waals surface area contributed by atoms with Crippen molar-refractivity contribution in [1.29, 1.82) is 0 Å². The maximum atomic E-state index is 10.7. The van der Waals surface area contributed by atoms with Gasteiger partial charge in [-0.3, -0.25) is 9.69 Å². The van der Waals surface area contributed by atoms with E-state index < -0.39 is 5.97 Å². The number of aromatic nitrogens is 1. The second-order valence-corrected chi connectivity index (χ2v) is 8.06. The lowest BCUT2D eigenvalue weighted by Gasteiger charge is -2.41. The molecule has 1 N–H and O–H groups in total. The zero-order valence-corrected chi connectivity index (χ0v) is 14.6. The van der Waals surface area contributed by atoms with E-state index in [2.05, 4.69) is 28.6 Å². The van der Waals surface area contributed by atoms with E-state index >= 15 is 0 Å². The number of hydrogen-bond donors (Lipinski definition) is 1. The molecule has 1 aromatic heterocycles. The number of ether oxygens (including phenoxy) is 1. The van der Waals surface area contributed by atoms with E-state index in [0.29, 0.717) is 12.5 Å². The zero-order valence-electron chi connectivity index (χ0n) is 13.8. The van der Waals surface area contributed by atoms with Crippen molar-refractivity contribution in [1.82, 2.24) is 9.88 Å². The molecule has 2 aliphatic rings. The molecule has 3 heterocycles. The van der Waals surface area contributed by atoms with Crippen molar-refractivity contribution in [3.8, 4) is 0 Å². The number of anilines is 1. The molecule has 23 heavy (non-hydrogen) atoms. The Balaban J connectivity index is 1.56. The molecule has 0 radical (unpaired) electrons. The third-order valence-corrected chi connectivity index (χ3v) is 5.65. The quantitative estimate of drug-likeness (QED) is 0.883. The lowest BCUT2D eigenvalue weighted by atomic mass is 10.1. The van der Waals surface area contributed by atoms with E-state index in [1.165, 1.54) is 0 Å². The third-order valence-electron chi connectivity index (χ3n) is 4.53. The molecular formula is C16H25N3O3S. The van der Waals surface area contributed by atoms with Crippen LogP contribution in [0.2, 0.25) is 0 Å². The van der Waals surface area contributed by atoms with E-state index in [1.807, 2.05) is 6.20 Å². The van der Waals surface area contributed by atoms with Gasteiger partial charge in [-0.2, -0.15) is 0 Å². The summed E-state index contributed by atoms with van der Waals surface area (Å²) in [6, 6.07) is 0.560. The van der Waals surface area contributed by atoms with Crippen LogP contribution in [0, 0.1) is 0 Å². The predicted octanol–water partition coefficient (Wildman–Crippen LogP) is 1.85. The smallest absolute Gasteiger partial charge is 0.303 e. The number of aliphatic carboxylic acids is 1. The number of hydrogen-bond acceptors (Lipinski definition) is 6. The minimum Gasteiger partial charge on any atom is -0.481 e. The molecule has 128 valence electrons. The van der Waals surface area contributed by atoms with Gasteiger partial charge in [-0.05, 0) is 26.7 Å². The van der Waals surface area contributed by atoms with Gasteiger partial charge >= 0.3 is 5.97 Å². The van der Waals surface area contributed by atoms with Crippen LogP contribution >= 0.6 is 11.3 Å². The summed E-state index contributed by atoms with van der Waals surface area (Å²) in [4.78, 5) is 21.1. The SMILES string of the molecule is CC1(C)CN(C2CCN(c3ncc(CCC(=O)O)s3)C2)CCO1. The van der Waals surface area contributed by atoms with E-state index in [4.69, 9.17) is 9.84 Å². The normalized spacial score (nSPS) is 25.0. The highest BCUT2D eigenvalue weighted by atomic mass is 32.1. The van der Waals surface area contributed by atoms with Crippen molar-refractivity contribution in [3.63, 3.8) is 0 Å². The van der Waals surface area contributed by atoms with Crippen molar-refractivity contribution in [2.24, 2.45) is 0 Å². The molecule has 0 aromatic carbocycles. The Morgan fingerprint density at radius 2 is 2.35 bits per heavy atom. The molecule has 0 saturated carbocycles. The van der Waals surface area contributed by atoms with Crippen LogP contribution in [0.1, 0.15) is 31.6 Å². The number of aryl methyl sites for hydroxylation is 1. The van der Waals surface area contributed by atoms with Gasteiger partial charge in [0.05, 0.1) is 18.6 Å². The number of nitrogens with zero attached hydrogens (tertiary/aromatic N) is 3. The summed E-state index contributed by atoms with van der Waals surface area (Å²) in [5, 5.41) is 9.80. The summed E-state index contributed by atoms with van der Waals surface area (Å²) in [5.74, 6) is -0.754. The highest BCUT2D eigenvalue weighted by molar-refractivity contribution is 7.15. The first-order valence-corrected chi connectivity index (χ1v) is 9.04. The molecule has 0 spiro atoms. The number of rotatable bonds is 5. The van der Waals surface area contributed by atoms with Gasteiger partial charge in [0, 0.05) is 43.3 Å². The van der Waals surface area contributed by atoms with E-state index in [-0.39, 0.29) is 12.0 Å². The molecule has 0 aliphatic carbocycles. The number of thiazole rings is 1. The van der Waals surface area contributed by atoms with Crippen molar-refractivity contribution in [2.45, 2.75) is 44.8 Å². The fourth-order valence-electron chi connectivity index (χ4n) is 3.37. The topological polar surface area (TPSA) is 65.9 Å². The van der Waals surface area contributed by atoms with Crippen LogP contribution in [0.25, 0.3) is 0 Å². The molecule has 2 saturated heterocycles. The maximum absolute atomic E-state index is 10.7. The maximum Gasteiger partial charge on any atom is 0.303 e. The van der Waals surface area contributed by atoms with Crippen molar-refractivity contribution >= 4 is 22.4 Å². The first-order chi connectivity index (χ1) is 10.9. The average Bonchev–Trinajstić information content (AvgIpc) is 3.13. The van der Waals surface area contributed by atoms with Crippen molar-refractivity contribution in [2.75, 3.05) is 37.7 Å². The second kappa shape index (κ2) is 6.75. The molecule has 6 nitrogen and oxygen atoms in total. The van der Waals surface area contributed by atoms with E-state index in [1.54, 1.807) is 11.3 Å². The fourth-order valence-corrected chi connectivity index (χ4v) is 4.31. The van der Waals surface area contributed by atoms with Gasteiger partial charge in [0.2, 0.25) is 0 Å². The first-order valence-electron chi connectivity index (χ1n) is 8.22. The summed E-state index contributed by atoms with van der Waals surface area (Å²) in [6.45, 7) is 9.12. The third kappa shape index (κ3) is 4.22. The molecular weight excluding hydrogens is 314 g/mol. The molecule has 0 bridgehead atoms. The van der Waals surface area contributed by atoms with Gasteiger partial charge in [0.15, 0.2) is 5.13 Å². The Kier molecular flexibility index (Phi) is 4.89. The summed E-state index contributed by atoms with van der Waals surface area (Å²) in [7, 11) is 0. The summed E-state index contributed by atoms with van der Waals surface area (Å²) in [6.07, 6.45) is 3.73.